The van der Waals surface area contributed by atoms with Gasteiger partial charge in [0.1, 0.15) is 0 Å². The van der Waals surface area contributed by atoms with E-state index in [0.717, 1.165) is 36.8 Å². The molecule has 1 aliphatic heterocycles. The van der Waals surface area contributed by atoms with Gasteiger partial charge in [0.25, 0.3) is 0 Å². The summed E-state index contributed by atoms with van der Waals surface area (Å²) in [4.78, 5) is 2.42. The molecule has 0 aliphatic carbocycles. The number of aliphatic hydroxyl groups excluding tert-OH is 1. The zero-order chi connectivity index (χ0) is 13.9. The number of hydrogen-bond acceptors (Lipinski definition) is 3. The molecule has 1 aromatic carbocycles. The number of piperazine rings is 1. The van der Waals surface area contributed by atoms with E-state index in [4.69, 9.17) is 11.6 Å². The Morgan fingerprint density at radius 1 is 1.30 bits per heavy atom. The average molecular weight is 319 g/mol. The predicted molar refractivity (Wildman–Crippen MR) is 86.8 cm³/mol. The lowest BCUT2D eigenvalue weighted by atomic mass is 9.79. The van der Waals surface area contributed by atoms with Crippen molar-refractivity contribution in [3.63, 3.8) is 0 Å². The van der Waals surface area contributed by atoms with Crippen molar-refractivity contribution in [2.45, 2.75) is 19.9 Å². The minimum absolute atomic E-state index is 0. The summed E-state index contributed by atoms with van der Waals surface area (Å²) < 4.78 is 0. The Bertz CT molecular complexity index is 420. The molecule has 0 bridgehead atoms. The molecule has 0 amide bonds. The maximum Gasteiger partial charge on any atom is 0.0500 e. The first kappa shape index (κ1) is 17.7. The van der Waals surface area contributed by atoms with Crippen molar-refractivity contribution >= 4 is 24.0 Å². The van der Waals surface area contributed by atoms with E-state index in [1.54, 1.807) is 0 Å². The Morgan fingerprint density at radius 2 is 1.90 bits per heavy atom. The number of rotatable bonds is 4. The van der Waals surface area contributed by atoms with E-state index in [1.165, 1.54) is 0 Å². The van der Waals surface area contributed by atoms with Gasteiger partial charge in [0, 0.05) is 49.3 Å². The molecule has 0 radical (unpaired) electrons. The number of hydrogen-bond donors (Lipinski definition) is 2. The van der Waals surface area contributed by atoms with Crippen LogP contribution in [-0.4, -0.2) is 42.8 Å². The van der Waals surface area contributed by atoms with Gasteiger partial charge in [-0.15, -0.1) is 12.4 Å². The highest BCUT2D eigenvalue weighted by molar-refractivity contribution is 6.31. The zero-order valence-electron chi connectivity index (χ0n) is 12.1. The topological polar surface area (TPSA) is 35.5 Å². The summed E-state index contributed by atoms with van der Waals surface area (Å²) in [5, 5.41) is 13.9. The molecule has 3 nitrogen and oxygen atoms in total. The van der Waals surface area contributed by atoms with E-state index in [1.807, 2.05) is 18.2 Å². The highest BCUT2D eigenvalue weighted by Gasteiger charge is 2.36. The minimum atomic E-state index is -0.220. The number of benzene rings is 1. The summed E-state index contributed by atoms with van der Waals surface area (Å²) >= 11 is 6.38. The van der Waals surface area contributed by atoms with Gasteiger partial charge in [0.2, 0.25) is 0 Å². The second-order valence-electron chi connectivity index (χ2n) is 5.86. The number of aliphatic hydroxyl groups is 1. The van der Waals surface area contributed by atoms with Gasteiger partial charge < -0.3 is 10.4 Å². The molecule has 114 valence electrons. The molecule has 5 heteroatoms. The SMILES string of the molecule is CC(C)(CO)[C@@H](c1ccccc1Cl)N1CCNCC1.Cl. The first-order valence-electron chi connectivity index (χ1n) is 6.86. The highest BCUT2D eigenvalue weighted by atomic mass is 35.5. The Hall–Kier alpha value is -0.320. The maximum absolute atomic E-state index is 9.76. The van der Waals surface area contributed by atoms with Crippen molar-refractivity contribution in [3.8, 4) is 0 Å². The molecule has 0 aromatic heterocycles. The molecule has 2 N–H and O–H groups in total. The molecule has 1 saturated heterocycles. The lowest BCUT2D eigenvalue weighted by Crippen LogP contribution is -2.49. The van der Waals surface area contributed by atoms with Crippen LogP contribution in [0.3, 0.4) is 0 Å². The average Bonchev–Trinajstić information content (AvgIpc) is 2.42. The van der Waals surface area contributed by atoms with E-state index in [0.29, 0.717) is 0 Å². The summed E-state index contributed by atoms with van der Waals surface area (Å²) in [6.45, 7) is 8.29. The van der Waals surface area contributed by atoms with Crippen molar-refractivity contribution in [2.75, 3.05) is 32.8 Å². The summed E-state index contributed by atoms with van der Waals surface area (Å²) in [5.41, 5.74) is 0.896. The van der Waals surface area contributed by atoms with Crippen LogP contribution in [0, 0.1) is 5.41 Å². The van der Waals surface area contributed by atoms with Crippen molar-refractivity contribution in [3.05, 3.63) is 34.9 Å². The van der Waals surface area contributed by atoms with E-state index in [2.05, 4.69) is 30.1 Å². The van der Waals surface area contributed by atoms with Crippen LogP contribution in [0.5, 0.6) is 0 Å². The quantitative estimate of drug-likeness (QED) is 0.896. The monoisotopic (exact) mass is 318 g/mol. The fourth-order valence-corrected chi connectivity index (χ4v) is 3.07. The number of nitrogens with one attached hydrogen (secondary N) is 1. The number of halogens is 2. The van der Waals surface area contributed by atoms with Gasteiger partial charge in [-0.2, -0.15) is 0 Å². The maximum atomic E-state index is 9.76. The van der Waals surface area contributed by atoms with Crippen molar-refractivity contribution < 1.29 is 5.11 Å². The van der Waals surface area contributed by atoms with Crippen molar-refractivity contribution in [1.82, 2.24) is 10.2 Å². The van der Waals surface area contributed by atoms with Crippen LogP contribution in [0.2, 0.25) is 5.02 Å². The van der Waals surface area contributed by atoms with Gasteiger partial charge in [-0.3, -0.25) is 4.90 Å². The predicted octanol–water partition coefficient (Wildman–Crippen LogP) is 2.73. The molecule has 0 spiro atoms. The highest BCUT2D eigenvalue weighted by Crippen LogP contribution is 2.40. The minimum Gasteiger partial charge on any atom is -0.396 e. The fraction of sp³-hybridized carbons (Fsp3) is 0.600. The largest absolute Gasteiger partial charge is 0.396 e. The zero-order valence-corrected chi connectivity index (χ0v) is 13.7. The summed E-state index contributed by atoms with van der Waals surface area (Å²) in [6, 6.07) is 8.12. The molecular formula is C15H24Cl2N2O. The Labute approximate surface area is 132 Å². The lowest BCUT2D eigenvalue weighted by Gasteiger charge is -2.43. The molecule has 2 rings (SSSR count). The number of nitrogens with zero attached hydrogens (tertiary/aromatic N) is 1. The third-order valence-corrected chi connectivity index (χ3v) is 4.21. The van der Waals surface area contributed by atoms with Gasteiger partial charge in [-0.05, 0) is 11.6 Å². The molecular weight excluding hydrogens is 295 g/mol. The van der Waals surface area contributed by atoms with E-state index < -0.39 is 0 Å². The van der Waals surface area contributed by atoms with E-state index in [-0.39, 0.29) is 30.5 Å². The third kappa shape index (κ3) is 3.86. The smallest absolute Gasteiger partial charge is 0.0500 e. The van der Waals surface area contributed by atoms with Crippen LogP contribution in [0.15, 0.2) is 24.3 Å². The van der Waals surface area contributed by atoms with Crippen molar-refractivity contribution in [2.24, 2.45) is 5.41 Å². The van der Waals surface area contributed by atoms with Gasteiger partial charge >= 0.3 is 0 Å². The Kier molecular flexibility index (Phi) is 6.76. The fourth-order valence-electron chi connectivity index (χ4n) is 2.84. The van der Waals surface area contributed by atoms with Crippen LogP contribution in [0.4, 0.5) is 0 Å². The van der Waals surface area contributed by atoms with Gasteiger partial charge in [-0.1, -0.05) is 43.6 Å². The molecule has 1 aromatic rings. The molecule has 1 heterocycles. The Balaban J connectivity index is 0.00000200. The van der Waals surface area contributed by atoms with Crippen molar-refractivity contribution in [1.29, 1.82) is 0 Å². The van der Waals surface area contributed by atoms with Crippen LogP contribution in [0.25, 0.3) is 0 Å². The van der Waals surface area contributed by atoms with E-state index in [9.17, 15) is 5.11 Å². The molecule has 0 unspecified atom stereocenters. The Morgan fingerprint density at radius 3 is 2.45 bits per heavy atom. The van der Waals surface area contributed by atoms with Gasteiger partial charge in [0.05, 0.1) is 0 Å². The first-order valence-corrected chi connectivity index (χ1v) is 7.24. The summed E-state index contributed by atoms with van der Waals surface area (Å²) in [5.74, 6) is 0. The first-order chi connectivity index (χ1) is 9.06. The van der Waals surface area contributed by atoms with Crippen LogP contribution < -0.4 is 5.32 Å². The van der Waals surface area contributed by atoms with Crippen LogP contribution >= 0.6 is 24.0 Å². The molecule has 1 atom stereocenters. The summed E-state index contributed by atoms with van der Waals surface area (Å²) in [7, 11) is 0. The lowest BCUT2D eigenvalue weighted by molar-refractivity contribution is 0.0306. The molecule has 20 heavy (non-hydrogen) atoms. The third-order valence-electron chi connectivity index (χ3n) is 3.86. The second kappa shape index (κ2) is 7.62. The molecule has 1 aliphatic rings. The normalized spacial score (nSPS) is 18.4. The van der Waals surface area contributed by atoms with Crippen LogP contribution in [-0.2, 0) is 0 Å². The molecule has 0 saturated carbocycles. The molecule has 1 fully saturated rings. The second-order valence-corrected chi connectivity index (χ2v) is 6.26. The standard InChI is InChI=1S/C15H23ClN2O.ClH/c1-15(2,11-19)14(18-9-7-17-8-10-18)12-5-3-4-6-13(12)16;/h3-6,14,17,19H,7-11H2,1-2H3;1H/t14-;/m1./s1. The van der Waals surface area contributed by atoms with Gasteiger partial charge in [0.15, 0.2) is 0 Å². The van der Waals surface area contributed by atoms with E-state index >= 15 is 0 Å². The summed E-state index contributed by atoms with van der Waals surface area (Å²) in [6.07, 6.45) is 0. The van der Waals surface area contributed by atoms with Crippen LogP contribution in [0.1, 0.15) is 25.5 Å². The van der Waals surface area contributed by atoms with Gasteiger partial charge in [-0.25, -0.2) is 0 Å².